The summed E-state index contributed by atoms with van der Waals surface area (Å²) in [5.74, 6) is 0. The van der Waals surface area contributed by atoms with E-state index in [-0.39, 0.29) is 0 Å². The summed E-state index contributed by atoms with van der Waals surface area (Å²) in [4.78, 5) is 0. The summed E-state index contributed by atoms with van der Waals surface area (Å²) in [5, 5.41) is 10.6. The molecule has 56 valence electrons. The number of halogens is 1. The topological polar surface area (TPSA) is 42.7 Å². The zero-order valence-electron chi connectivity index (χ0n) is 5.71. The van der Waals surface area contributed by atoms with Crippen molar-refractivity contribution in [3.63, 3.8) is 0 Å². The zero-order chi connectivity index (χ0) is 7.40. The fraction of sp³-hybridized carbons (Fsp3) is 0.600. The number of nitrogens with zero attached hydrogens (tertiary/aromatic N) is 3. The maximum absolute atomic E-state index is 3.83. The Kier molecular flexibility index (Phi) is 2.82. The number of aromatic nitrogens is 3. The van der Waals surface area contributed by atoms with Gasteiger partial charge >= 0.3 is 0 Å². The van der Waals surface area contributed by atoms with Crippen LogP contribution in [0.2, 0.25) is 0 Å². The second-order valence-electron chi connectivity index (χ2n) is 1.88. The van der Waals surface area contributed by atoms with Gasteiger partial charge in [0.2, 0.25) is 0 Å². The predicted octanol–water partition coefficient (Wildman–Crippen LogP) is 0.260. The van der Waals surface area contributed by atoms with Gasteiger partial charge in [0, 0.05) is 6.54 Å². The van der Waals surface area contributed by atoms with Crippen molar-refractivity contribution in [2.45, 2.75) is 6.54 Å². The van der Waals surface area contributed by atoms with E-state index in [4.69, 9.17) is 0 Å². The van der Waals surface area contributed by atoms with Crippen LogP contribution in [0.3, 0.4) is 0 Å². The molecule has 0 atom stereocenters. The Bertz CT molecular complexity index is 197. The normalized spacial score (nSPS) is 10.2. The Balaban J connectivity index is 2.49. The van der Waals surface area contributed by atoms with Crippen molar-refractivity contribution >= 4 is 15.9 Å². The maximum atomic E-state index is 3.83. The molecule has 0 saturated carbocycles. The van der Waals surface area contributed by atoms with Gasteiger partial charge in [-0.3, -0.25) is 0 Å². The van der Waals surface area contributed by atoms with E-state index >= 15 is 0 Å². The highest BCUT2D eigenvalue weighted by Gasteiger charge is 1.96. The summed E-state index contributed by atoms with van der Waals surface area (Å²) in [6, 6.07) is 0. The molecule has 0 spiro atoms. The van der Waals surface area contributed by atoms with E-state index in [0.717, 1.165) is 17.7 Å². The van der Waals surface area contributed by atoms with Crippen LogP contribution >= 0.6 is 15.9 Å². The van der Waals surface area contributed by atoms with Crippen LogP contribution in [0.5, 0.6) is 0 Å². The van der Waals surface area contributed by atoms with Gasteiger partial charge in [-0.1, -0.05) is 5.21 Å². The Labute approximate surface area is 67.7 Å². The van der Waals surface area contributed by atoms with Crippen LogP contribution in [0.1, 0.15) is 0 Å². The fourth-order valence-corrected chi connectivity index (χ4v) is 0.954. The van der Waals surface area contributed by atoms with E-state index in [1.807, 2.05) is 7.05 Å². The van der Waals surface area contributed by atoms with Crippen LogP contribution in [0.25, 0.3) is 0 Å². The molecule has 0 aliphatic rings. The molecule has 0 amide bonds. The minimum Gasteiger partial charge on any atom is -0.318 e. The van der Waals surface area contributed by atoms with Gasteiger partial charge in [-0.25, -0.2) is 4.68 Å². The molecule has 1 heterocycles. The second kappa shape index (κ2) is 3.68. The monoisotopic (exact) mass is 204 g/mol. The quantitative estimate of drug-likeness (QED) is 0.769. The van der Waals surface area contributed by atoms with Gasteiger partial charge in [-0.15, -0.1) is 5.10 Å². The van der Waals surface area contributed by atoms with E-state index in [2.05, 4.69) is 31.6 Å². The van der Waals surface area contributed by atoms with E-state index in [9.17, 15) is 0 Å². The van der Waals surface area contributed by atoms with Crippen molar-refractivity contribution in [3.8, 4) is 0 Å². The van der Waals surface area contributed by atoms with Crippen LogP contribution in [-0.2, 0) is 6.54 Å². The van der Waals surface area contributed by atoms with Crippen molar-refractivity contribution < 1.29 is 0 Å². The number of nitrogens with one attached hydrogen (secondary N) is 1. The molecule has 0 aliphatic carbocycles. The molecule has 0 fully saturated rings. The zero-order valence-corrected chi connectivity index (χ0v) is 7.30. The Morgan fingerprint density at radius 2 is 2.60 bits per heavy atom. The molecular weight excluding hydrogens is 196 g/mol. The first-order chi connectivity index (χ1) is 4.84. The molecule has 0 aliphatic heterocycles. The third-order valence-electron chi connectivity index (χ3n) is 1.14. The second-order valence-corrected chi connectivity index (χ2v) is 2.70. The lowest BCUT2D eigenvalue weighted by molar-refractivity contribution is 0.556. The summed E-state index contributed by atoms with van der Waals surface area (Å²) >= 11 is 3.31. The molecule has 0 saturated heterocycles. The average Bonchev–Trinajstić information content (AvgIpc) is 2.31. The molecule has 1 N–H and O–H groups in total. The van der Waals surface area contributed by atoms with Gasteiger partial charge in [0.05, 0.1) is 12.7 Å². The predicted molar refractivity (Wildman–Crippen MR) is 41.6 cm³/mol. The Hall–Kier alpha value is -0.420. The third kappa shape index (κ3) is 1.78. The summed E-state index contributed by atoms with van der Waals surface area (Å²) in [6.07, 6.45) is 1.68. The van der Waals surface area contributed by atoms with Crippen molar-refractivity contribution in [2.75, 3.05) is 13.6 Å². The van der Waals surface area contributed by atoms with Gasteiger partial charge in [0.15, 0.2) is 0 Å². The molecule has 10 heavy (non-hydrogen) atoms. The van der Waals surface area contributed by atoms with Crippen LogP contribution in [-0.4, -0.2) is 28.6 Å². The SMILES string of the molecule is CNCCn1nncc1Br. The van der Waals surface area contributed by atoms with Crippen molar-refractivity contribution in [3.05, 3.63) is 10.8 Å². The lowest BCUT2D eigenvalue weighted by Gasteiger charge is -1.98. The molecule has 1 aromatic heterocycles. The summed E-state index contributed by atoms with van der Waals surface area (Å²) in [5.41, 5.74) is 0. The first kappa shape index (κ1) is 7.68. The lowest BCUT2D eigenvalue weighted by atomic mass is 10.6. The van der Waals surface area contributed by atoms with Gasteiger partial charge in [0.1, 0.15) is 4.60 Å². The highest BCUT2D eigenvalue weighted by atomic mass is 79.9. The van der Waals surface area contributed by atoms with Crippen molar-refractivity contribution in [2.24, 2.45) is 0 Å². The first-order valence-corrected chi connectivity index (χ1v) is 3.82. The van der Waals surface area contributed by atoms with E-state index < -0.39 is 0 Å². The highest BCUT2D eigenvalue weighted by molar-refractivity contribution is 9.10. The van der Waals surface area contributed by atoms with Crippen LogP contribution in [0.4, 0.5) is 0 Å². The smallest absolute Gasteiger partial charge is 0.124 e. The maximum Gasteiger partial charge on any atom is 0.124 e. The molecule has 0 unspecified atom stereocenters. The molecule has 1 rings (SSSR count). The Morgan fingerprint density at radius 3 is 3.10 bits per heavy atom. The molecule has 0 bridgehead atoms. The molecule has 5 heteroatoms. The van der Waals surface area contributed by atoms with Gasteiger partial charge < -0.3 is 5.32 Å². The third-order valence-corrected chi connectivity index (χ3v) is 1.76. The largest absolute Gasteiger partial charge is 0.318 e. The average molecular weight is 205 g/mol. The minimum absolute atomic E-state index is 0.844. The minimum atomic E-state index is 0.844. The number of hydrogen-bond acceptors (Lipinski definition) is 3. The van der Waals surface area contributed by atoms with Crippen LogP contribution in [0, 0.1) is 0 Å². The van der Waals surface area contributed by atoms with Crippen molar-refractivity contribution in [1.82, 2.24) is 20.3 Å². The van der Waals surface area contributed by atoms with Crippen molar-refractivity contribution in [1.29, 1.82) is 0 Å². The number of hydrogen-bond donors (Lipinski definition) is 1. The summed E-state index contributed by atoms with van der Waals surface area (Å²) in [6.45, 7) is 1.75. The molecule has 0 aromatic carbocycles. The Morgan fingerprint density at radius 1 is 1.80 bits per heavy atom. The fourth-order valence-electron chi connectivity index (χ4n) is 0.614. The molecule has 0 radical (unpaired) electrons. The number of rotatable bonds is 3. The molecular formula is C5H9BrN4. The summed E-state index contributed by atoms with van der Waals surface area (Å²) in [7, 11) is 1.91. The van der Waals surface area contributed by atoms with Gasteiger partial charge in [-0.2, -0.15) is 0 Å². The van der Waals surface area contributed by atoms with E-state index in [1.165, 1.54) is 0 Å². The van der Waals surface area contributed by atoms with Crippen LogP contribution in [0.15, 0.2) is 10.8 Å². The first-order valence-electron chi connectivity index (χ1n) is 3.03. The molecule has 4 nitrogen and oxygen atoms in total. The van der Waals surface area contributed by atoms with Gasteiger partial charge in [0.25, 0.3) is 0 Å². The van der Waals surface area contributed by atoms with E-state index in [0.29, 0.717) is 0 Å². The number of likely N-dealkylation sites (N-methyl/N-ethyl adjacent to an activating group) is 1. The standard InChI is InChI=1S/C5H9BrN4/c1-7-2-3-10-5(6)4-8-9-10/h4,7H,2-3H2,1H3. The lowest BCUT2D eigenvalue weighted by Crippen LogP contribution is -2.15. The summed E-state index contributed by atoms with van der Waals surface area (Å²) < 4.78 is 2.71. The van der Waals surface area contributed by atoms with Crippen LogP contribution < -0.4 is 5.32 Å². The van der Waals surface area contributed by atoms with E-state index in [1.54, 1.807) is 10.9 Å². The van der Waals surface area contributed by atoms with Gasteiger partial charge in [-0.05, 0) is 23.0 Å². The molecule has 1 aromatic rings. The highest BCUT2D eigenvalue weighted by Crippen LogP contribution is 2.03.